The van der Waals surface area contributed by atoms with Crippen molar-refractivity contribution in [2.75, 3.05) is 19.6 Å². The number of carbonyl (C=O) groups excluding carboxylic acids is 2. The van der Waals surface area contributed by atoms with Gasteiger partial charge in [0.1, 0.15) is 11.4 Å². The third-order valence-electron chi connectivity index (χ3n) is 4.40. The molecule has 1 saturated heterocycles. The van der Waals surface area contributed by atoms with Gasteiger partial charge in [0.25, 0.3) is 0 Å². The highest BCUT2D eigenvalue weighted by molar-refractivity contribution is 5.78. The van der Waals surface area contributed by atoms with Crippen LogP contribution < -0.4 is 10.6 Å². The second-order valence-corrected chi connectivity index (χ2v) is 8.06. The van der Waals surface area contributed by atoms with Crippen molar-refractivity contribution in [3.63, 3.8) is 0 Å². The molecule has 0 aliphatic carbocycles. The number of nitrogens with zero attached hydrogens (tertiary/aromatic N) is 1. The number of amides is 2. The van der Waals surface area contributed by atoms with Gasteiger partial charge >= 0.3 is 6.09 Å². The summed E-state index contributed by atoms with van der Waals surface area (Å²) in [7, 11) is 0. The van der Waals surface area contributed by atoms with Crippen LogP contribution in [0.3, 0.4) is 0 Å². The lowest BCUT2D eigenvalue weighted by Gasteiger charge is -2.32. The highest BCUT2D eigenvalue weighted by atomic mass is 19.1. The fourth-order valence-electron chi connectivity index (χ4n) is 2.92. The van der Waals surface area contributed by atoms with Gasteiger partial charge in [-0.15, -0.1) is 0 Å². The van der Waals surface area contributed by atoms with E-state index in [2.05, 4.69) is 15.5 Å². The Morgan fingerprint density at radius 3 is 2.52 bits per heavy atom. The summed E-state index contributed by atoms with van der Waals surface area (Å²) >= 11 is 0. The number of rotatable bonds is 5. The summed E-state index contributed by atoms with van der Waals surface area (Å²) in [5, 5.41) is 5.71. The molecule has 6 nitrogen and oxygen atoms in total. The van der Waals surface area contributed by atoms with Crippen molar-refractivity contribution in [1.82, 2.24) is 15.5 Å². The smallest absolute Gasteiger partial charge is 0.407 e. The van der Waals surface area contributed by atoms with E-state index in [0.29, 0.717) is 18.7 Å². The number of ether oxygens (including phenoxy) is 1. The second kappa shape index (κ2) is 9.17. The number of piperidine rings is 1. The monoisotopic (exact) mass is 379 g/mol. The molecule has 0 bridgehead atoms. The maximum atomic E-state index is 13.5. The van der Waals surface area contributed by atoms with Crippen molar-refractivity contribution in [2.45, 2.75) is 58.7 Å². The number of halogens is 1. The molecule has 0 saturated carbocycles. The number of hydrogen-bond acceptors (Lipinski definition) is 4. The first-order valence-electron chi connectivity index (χ1n) is 9.36. The largest absolute Gasteiger partial charge is 0.444 e. The van der Waals surface area contributed by atoms with Crippen LogP contribution in [0.2, 0.25) is 0 Å². The van der Waals surface area contributed by atoms with E-state index < -0.39 is 11.7 Å². The molecular weight excluding hydrogens is 349 g/mol. The quantitative estimate of drug-likeness (QED) is 0.825. The van der Waals surface area contributed by atoms with Crippen molar-refractivity contribution in [2.24, 2.45) is 0 Å². The molecule has 0 unspecified atom stereocenters. The molecule has 2 rings (SSSR count). The van der Waals surface area contributed by atoms with Crippen LogP contribution in [0.15, 0.2) is 18.2 Å². The maximum Gasteiger partial charge on any atom is 0.407 e. The number of aryl methyl sites for hydroxylation is 1. The number of likely N-dealkylation sites (tertiary alicyclic amines) is 1. The first-order valence-corrected chi connectivity index (χ1v) is 9.36. The number of nitrogens with one attached hydrogen (secondary N) is 2. The molecule has 1 aromatic carbocycles. The van der Waals surface area contributed by atoms with E-state index in [0.717, 1.165) is 31.5 Å². The maximum absolute atomic E-state index is 13.5. The lowest BCUT2D eigenvalue weighted by Crippen LogP contribution is -2.48. The van der Waals surface area contributed by atoms with Crippen LogP contribution in [0, 0.1) is 12.7 Å². The minimum Gasteiger partial charge on any atom is -0.444 e. The van der Waals surface area contributed by atoms with E-state index in [-0.39, 0.29) is 17.8 Å². The Morgan fingerprint density at radius 2 is 1.93 bits per heavy atom. The summed E-state index contributed by atoms with van der Waals surface area (Å²) in [5.41, 5.74) is 0.822. The zero-order chi connectivity index (χ0) is 20.0. The van der Waals surface area contributed by atoms with E-state index in [1.807, 2.05) is 26.8 Å². The molecule has 1 aliphatic heterocycles. The summed E-state index contributed by atoms with van der Waals surface area (Å²) in [6.07, 6.45) is 1.15. The summed E-state index contributed by atoms with van der Waals surface area (Å²) in [5.74, 6) is -0.351. The predicted octanol–water partition coefficient (Wildman–Crippen LogP) is 2.74. The van der Waals surface area contributed by atoms with E-state index in [1.165, 1.54) is 6.07 Å². The van der Waals surface area contributed by atoms with Crippen molar-refractivity contribution in [3.8, 4) is 0 Å². The Bertz CT molecular complexity index is 665. The topological polar surface area (TPSA) is 70.7 Å². The van der Waals surface area contributed by atoms with Crippen LogP contribution in [0.1, 0.15) is 44.7 Å². The van der Waals surface area contributed by atoms with E-state index in [9.17, 15) is 14.0 Å². The first kappa shape index (κ1) is 21.2. The summed E-state index contributed by atoms with van der Waals surface area (Å²) < 4.78 is 18.8. The van der Waals surface area contributed by atoms with Gasteiger partial charge in [-0.2, -0.15) is 0 Å². The third kappa shape index (κ3) is 7.54. The Kier molecular flexibility index (Phi) is 7.18. The molecule has 1 aromatic rings. The van der Waals surface area contributed by atoms with Gasteiger partial charge in [-0.1, -0.05) is 12.1 Å². The Hall–Kier alpha value is -2.15. The summed E-state index contributed by atoms with van der Waals surface area (Å²) in [6.45, 7) is 9.27. The van der Waals surface area contributed by atoms with Gasteiger partial charge in [0, 0.05) is 25.7 Å². The molecule has 1 heterocycles. The van der Waals surface area contributed by atoms with Crippen molar-refractivity contribution in [1.29, 1.82) is 0 Å². The molecule has 2 amide bonds. The SMILES string of the molecule is Cc1ccc(CNC(=O)CN2CCC(NC(=O)OC(C)(C)C)CC2)cc1F. The number of carbonyl (C=O) groups is 2. The van der Waals surface area contributed by atoms with E-state index in [1.54, 1.807) is 13.0 Å². The average Bonchev–Trinajstić information content (AvgIpc) is 2.56. The van der Waals surface area contributed by atoms with Crippen molar-refractivity contribution in [3.05, 3.63) is 35.1 Å². The lowest BCUT2D eigenvalue weighted by atomic mass is 10.1. The van der Waals surface area contributed by atoms with Crippen LogP contribution in [0.25, 0.3) is 0 Å². The minimum atomic E-state index is -0.511. The van der Waals surface area contributed by atoms with Crippen molar-refractivity contribution < 1.29 is 18.7 Å². The van der Waals surface area contributed by atoms with Crippen LogP contribution in [0.5, 0.6) is 0 Å². The molecule has 0 radical (unpaired) electrons. The highest BCUT2D eigenvalue weighted by Gasteiger charge is 2.24. The zero-order valence-electron chi connectivity index (χ0n) is 16.6. The van der Waals surface area contributed by atoms with Gasteiger partial charge < -0.3 is 15.4 Å². The molecule has 0 spiro atoms. The summed E-state index contributed by atoms with van der Waals surface area (Å²) in [6, 6.07) is 5.03. The Balaban J connectivity index is 1.68. The molecule has 2 N–H and O–H groups in total. The minimum absolute atomic E-state index is 0.0645. The molecule has 27 heavy (non-hydrogen) atoms. The van der Waals surface area contributed by atoms with Crippen LogP contribution in [-0.4, -0.2) is 48.2 Å². The number of hydrogen-bond donors (Lipinski definition) is 2. The van der Waals surface area contributed by atoms with Crippen LogP contribution >= 0.6 is 0 Å². The zero-order valence-corrected chi connectivity index (χ0v) is 16.6. The normalized spacial score (nSPS) is 16.0. The fraction of sp³-hybridized carbons (Fsp3) is 0.600. The molecule has 7 heteroatoms. The van der Waals surface area contributed by atoms with Crippen molar-refractivity contribution >= 4 is 12.0 Å². The average molecular weight is 379 g/mol. The molecular formula is C20H30FN3O3. The van der Waals surface area contributed by atoms with Crippen LogP contribution in [-0.2, 0) is 16.1 Å². The molecule has 0 atom stereocenters. The second-order valence-electron chi connectivity index (χ2n) is 8.06. The van der Waals surface area contributed by atoms with Gasteiger partial charge in [-0.25, -0.2) is 9.18 Å². The van der Waals surface area contributed by atoms with Gasteiger partial charge in [-0.05, 0) is 57.7 Å². The lowest BCUT2D eigenvalue weighted by molar-refractivity contribution is -0.122. The van der Waals surface area contributed by atoms with Gasteiger partial charge in [-0.3, -0.25) is 9.69 Å². The Labute approximate surface area is 160 Å². The summed E-state index contributed by atoms with van der Waals surface area (Å²) in [4.78, 5) is 26.0. The Morgan fingerprint density at radius 1 is 1.26 bits per heavy atom. The molecule has 1 fully saturated rings. The predicted molar refractivity (Wildman–Crippen MR) is 102 cm³/mol. The third-order valence-corrected chi connectivity index (χ3v) is 4.40. The van der Waals surface area contributed by atoms with E-state index in [4.69, 9.17) is 4.74 Å². The van der Waals surface area contributed by atoms with Gasteiger partial charge in [0.2, 0.25) is 5.91 Å². The van der Waals surface area contributed by atoms with Gasteiger partial charge in [0.15, 0.2) is 0 Å². The number of alkyl carbamates (subject to hydrolysis) is 1. The van der Waals surface area contributed by atoms with Crippen LogP contribution in [0.4, 0.5) is 9.18 Å². The molecule has 150 valence electrons. The first-order chi connectivity index (χ1) is 12.6. The number of benzene rings is 1. The highest BCUT2D eigenvalue weighted by Crippen LogP contribution is 2.13. The van der Waals surface area contributed by atoms with Gasteiger partial charge in [0.05, 0.1) is 6.54 Å². The molecule has 0 aromatic heterocycles. The standard InChI is InChI=1S/C20H30FN3O3/c1-14-5-6-15(11-17(14)21)12-22-18(25)13-24-9-7-16(8-10-24)23-19(26)27-20(2,3)4/h5-6,11,16H,7-10,12-13H2,1-4H3,(H,22,25)(H,23,26). The molecule has 1 aliphatic rings. The fourth-order valence-corrected chi connectivity index (χ4v) is 2.92. The van der Waals surface area contributed by atoms with E-state index >= 15 is 0 Å².